The number of carbonyl (C=O) groups is 1. The van der Waals surface area contributed by atoms with Crippen LogP contribution in [-0.2, 0) is 9.30 Å². The number of benzene rings is 2. The van der Waals surface area contributed by atoms with Crippen molar-refractivity contribution < 1.29 is 18.8 Å². The zero-order valence-electron chi connectivity index (χ0n) is 17.4. The molecule has 2 heterocycles. The molecule has 1 amide bonds. The molecule has 1 atom stereocenters. The molecular formula is C21H24Cl2N3O4P. The number of ether oxygens (including phenoxy) is 2. The lowest BCUT2D eigenvalue weighted by Crippen LogP contribution is -2.49. The zero-order chi connectivity index (χ0) is 22.2. The Kier molecular flexibility index (Phi) is 6.52. The lowest BCUT2D eigenvalue weighted by molar-refractivity contribution is 0.0723. The van der Waals surface area contributed by atoms with Gasteiger partial charge < -0.3 is 14.4 Å². The maximum absolute atomic E-state index is 14.8. The summed E-state index contributed by atoms with van der Waals surface area (Å²) < 4.78 is 29.0. The van der Waals surface area contributed by atoms with Crippen molar-refractivity contribution in [3.05, 3.63) is 46.4 Å². The standard InChI is InChI=1S/C21H24Cl2N3O4P/c1-3-24(4-2)15-6-8-20-19(14-15)30-21(27)26(16-5-7-17(22)18(23)13-16)31(20,28)25-9-11-29-12-10-25/h5-8,13-14H,3-4,9-12H2,1-2H3/t31-/m1/s1. The summed E-state index contributed by atoms with van der Waals surface area (Å²) in [6.45, 7) is 7.44. The first-order valence-corrected chi connectivity index (χ1v) is 12.6. The Balaban J connectivity index is 1.88. The zero-order valence-corrected chi connectivity index (χ0v) is 19.8. The van der Waals surface area contributed by atoms with Crippen molar-refractivity contribution in [1.29, 1.82) is 0 Å². The average Bonchev–Trinajstić information content (AvgIpc) is 2.77. The van der Waals surface area contributed by atoms with E-state index in [0.29, 0.717) is 48.1 Å². The number of carbonyl (C=O) groups excluding carboxylic acids is 1. The molecule has 0 unspecified atom stereocenters. The minimum Gasteiger partial charge on any atom is -0.409 e. The molecule has 0 aliphatic carbocycles. The lowest BCUT2D eigenvalue weighted by atomic mass is 10.2. The van der Waals surface area contributed by atoms with Gasteiger partial charge in [0, 0.05) is 37.9 Å². The van der Waals surface area contributed by atoms with E-state index in [1.54, 1.807) is 24.3 Å². The van der Waals surface area contributed by atoms with Gasteiger partial charge in [0.2, 0.25) is 0 Å². The van der Waals surface area contributed by atoms with Crippen molar-refractivity contribution in [2.75, 3.05) is 49.0 Å². The summed E-state index contributed by atoms with van der Waals surface area (Å²) in [7, 11) is -3.58. The van der Waals surface area contributed by atoms with E-state index in [1.165, 1.54) is 10.7 Å². The van der Waals surface area contributed by atoms with Crippen LogP contribution in [0.1, 0.15) is 13.8 Å². The second kappa shape index (κ2) is 9.00. The van der Waals surface area contributed by atoms with Gasteiger partial charge >= 0.3 is 6.09 Å². The maximum atomic E-state index is 14.8. The van der Waals surface area contributed by atoms with Crippen LogP contribution in [0.15, 0.2) is 36.4 Å². The molecule has 1 saturated heterocycles. The van der Waals surface area contributed by atoms with Crippen LogP contribution in [0.4, 0.5) is 16.2 Å². The monoisotopic (exact) mass is 483 g/mol. The third-order valence-corrected chi connectivity index (χ3v) is 9.39. The van der Waals surface area contributed by atoms with E-state index in [2.05, 4.69) is 18.7 Å². The first-order valence-electron chi connectivity index (χ1n) is 10.2. The number of halogens is 2. The molecular weight excluding hydrogens is 460 g/mol. The third-order valence-electron chi connectivity index (χ3n) is 5.55. The van der Waals surface area contributed by atoms with E-state index in [1.807, 2.05) is 10.7 Å². The minimum absolute atomic E-state index is 0.267. The topological polar surface area (TPSA) is 62.3 Å². The van der Waals surface area contributed by atoms with Crippen molar-refractivity contribution in [2.24, 2.45) is 0 Å². The summed E-state index contributed by atoms with van der Waals surface area (Å²) >= 11 is 12.3. The van der Waals surface area contributed by atoms with E-state index >= 15 is 0 Å². The Morgan fingerprint density at radius 3 is 2.39 bits per heavy atom. The van der Waals surface area contributed by atoms with Gasteiger partial charge in [0.1, 0.15) is 5.75 Å². The largest absolute Gasteiger partial charge is 0.426 e. The molecule has 0 aromatic heterocycles. The van der Waals surface area contributed by atoms with Crippen LogP contribution in [0.2, 0.25) is 10.0 Å². The fourth-order valence-corrected chi connectivity index (χ4v) is 7.09. The summed E-state index contributed by atoms with van der Waals surface area (Å²) in [6, 6.07) is 10.3. The lowest BCUT2D eigenvalue weighted by Gasteiger charge is -2.43. The summed E-state index contributed by atoms with van der Waals surface area (Å²) in [5.41, 5.74) is 1.28. The predicted octanol–water partition coefficient (Wildman–Crippen LogP) is 5.01. The summed E-state index contributed by atoms with van der Waals surface area (Å²) in [5, 5.41) is 1.10. The Morgan fingerprint density at radius 1 is 1.03 bits per heavy atom. The molecule has 2 aliphatic rings. The molecule has 4 rings (SSSR count). The normalized spacial score (nSPS) is 21.5. The molecule has 0 radical (unpaired) electrons. The van der Waals surface area contributed by atoms with Gasteiger partial charge in [0.05, 0.1) is 34.3 Å². The maximum Gasteiger partial charge on any atom is 0.426 e. The van der Waals surface area contributed by atoms with Crippen molar-refractivity contribution in [3.8, 4) is 5.75 Å². The van der Waals surface area contributed by atoms with Crippen LogP contribution in [0, 0.1) is 0 Å². The van der Waals surface area contributed by atoms with Crippen LogP contribution in [0.5, 0.6) is 5.75 Å². The quantitative estimate of drug-likeness (QED) is 0.557. The molecule has 10 heteroatoms. The van der Waals surface area contributed by atoms with Gasteiger partial charge in [0.15, 0.2) is 0 Å². The van der Waals surface area contributed by atoms with E-state index in [0.717, 1.165) is 18.8 Å². The number of hydrogen-bond acceptors (Lipinski definition) is 5. The number of rotatable bonds is 5. The molecule has 2 aromatic rings. The Labute approximate surface area is 191 Å². The summed E-state index contributed by atoms with van der Waals surface area (Å²) in [6.07, 6.45) is -0.711. The SMILES string of the molecule is CCN(CC)c1ccc2c(c1)OC(=O)N(c1ccc(Cl)c(Cl)c1)[P@]2(=O)N1CCOCC1. The van der Waals surface area contributed by atoms with Crippen LogP contribution in [-0.4, -0.2) is 50.2 Å². The highest BCUT2D eigenvalue weighted by molar-refractivity contribution is 7.72. The number of amides is 1. The Hall–Kier alpha value is -1.76. The Morgan fingerprint density at radius 2 is 1.74 bits per heavy atom. The van der Waals surface area contributed by atoms with Crippen LogP contribution >= 0.6 is 30.6 Å². The second-order valence-corrected chi connectivity index (χ2v) is 10.6. The molecule has 7 nitrogen and oxygen atoms in total. The van der Waals surface area contributed by atoms with Gasteiger partial charge in [-0.3, -0.25) is 4.57 Å². The van der Waals surface area contributed by atoms with Crippen LogP contribution < -0.4 is 19.6 Å². The molecule has 0 saturated carbocycles. The summed E-state index contributed by atoms with van der Waals surface area (Å²) in [5.74, 6) is 0.320. The molecule has 0 N–H and O–H groups in total. The van der Waals surface area contributed by atoms with E-state index < -0.39 is 13.5 Å². The van der Waals surface area contributed by atoms with Crippen molar-refractivity contribution >= 4 is 53.4 Å². The average molecular weight is 484 g/mol. The number of hydrogen-bond donors (Lipinski definition) is 0. The number of morpholine rings is 1. The number of fused-ring (bicyclic) bond motifs is 1. The third kappa shape index (κ3) is 3.94. The first kappa shape index (κ1) is 22.4. The van der Waals surface area contributed by atoms with Gasteiger partial charge in [-0.2, -0.15) is 0 Å². The van der Waals surface area contributed by atoms with Crippen LogP contribution in [0.3, 0.4) is 0 Å². The van der Waals surface area contributed by atoms with Gasteiger partial charge in [-0.1, -0.05) is 23.2 Å². The first-order chi connectivity index (χ1) is 14.9. The molecule has 1 fully saturated rings. The van der Waals surface area contributed by atoms with Gasteiger partial charge in [0.25, 0.3) is 7.44 Å². The Bertz CT molecular complexity index is 1040. The number of anilines is 2. The smallest absolute Gasteiger partial charge is 0.409 e. The highest BCUT2D eigenvalue weighted by Gasteiger charge is 2.49. The molecule has 166 valence electrons. The number of nitrogens with zero attached hydrogens (tertiary/aromatic N) is 3. The van der Waals surface area contributed by atoms with E-state index in [4.69, 9.17) is 32.7 Å². The molecule has 2 aliphatic heterocycles. The van der Waals surface area contributed by atoms with Crippen molar-refractivity contribution in [3.63, 3.8) is 0 Å². The fraction of sp³-hybridized carbons (Fsp3) is 0.381. The highest BCUT2D eigenvalue weighted by Crippen LogP contribution is 2.59. The van der Waals surface area contributed by atoms with Crippen molar-refractivity contribution in [1.82, 2.24) is 4.67 Å². The van der Waals surface area contributed by atoms with Gasteiger partial charge in [-0.15, -0.1) is 0 Å². The van der Waals surface area contributed by atoms with E-state index in [9.17, 15) is 9.36 Å². The molecule has 0 bridgehead atoms. The van der Waals surface area contributed by atoms with Gasteiger partial charge in [-0.25, -0.2) is 14.1 Å². The summed E-state index contributed by atoms with van der Waals surface area (Å²) in [4.78, 5) is 15.4. The van der Waals surface area contributed by atoms with Gasteiger partial charge in [-0.05, 0) is 44.2 Å². The van der Waals surface area contributed by atoms with Crippen LogP contribution in [0.25, 0.3) is 0 Å². The highest BCUT2D eigenvalue weighted by atomic mass is 35.5. The second-order valence-electron chi connectivity index (χ2n) is 7.21. The van der Waals surface area contributed by atoms with Crippen molar-refractivity contribution in [2.45, 2.75) is 13.8 Å². The predicted molar refractivity (Wildman–Crippen MR) is 125 cm³/mol. The minimum atomic E-state index is -3.58. The molecule has 0 spiro atoms. The van der Waals surface area contributed by atoms with E-state index in [-0.39, 0.29) is 5.02 Å². The molecule has 31 heavy (non-hydrogen) atoms. The molecule has 2 aromatic carbocycles. The fourth-order valence-electron chi connectivity index (χ4n) is 3.95.